The summed E-state index contributed by atoms with van der Waals surface area (Å²) in [6.07, 6.45) is 3.72. The molecule has 1 atom stereocenters. The lowest BCUT2D eigenvalue weighted by molar-refractivity contribution is -0.385. The molecule has 0 aliphatic carbocycles. The van der Waals surface area contributed by atoms with Crippen LogP contribution in [0.25, 0.3) is 0 Å². The minimum atomic E-state index is -0.313. The van der Waals surface area contributed by atoms with Crippen LogP contribution in [-0.2, 0) is 0 Å². The zero-order valence-corrected chi connectivity index (χ0v) is 12.5. The van der Waals surface area contributed by atoms with Gasteiger partial charge in [-0.05, 0) is 51.9 Å². The number of likely N-dealkylation sites (N-methyl/N-ethyl adjacent to an activating group) is 1. The van der Waals surface area contributed by atoms with E-state index in [1.165, 1.54) is 19.3 Å². The summed E-state index contributed by atoms with van der Waals surface area (Å²) in [5, 5.41) is 14.4. The SMILES string of the molecule is Cc1cc(C)c([N+](=O)[O-])cc1NCC1CCCCN1C. The van der Waals surface area contributed by atoms with Gasteiger partial charge in [-0.25, -0.2) is 0 Å². The second kappa shape index (κ2) is 6.22. The van der Waals surface area contributed by atoms with Gasteiger partial charge >= 0.3 is 0 Å². The van der Waals surface area contributed by atoms with E-state index in [1.54, 1.807) is 13.0 Å². The van der Waals surface area contributed by atoms with Gasteiger partial charge in [-0.1, -0.05) is 6.42 Å². The molecule has 1 aliphatic rings. The summed E-state index contributed by atoms with van der Waals surface area (Å²) in [7, 11) is 2.15. The van der Waals surface area contributed by atoms with E-state index in [9.17, 15) is 10.1 Å². The topological polar surface area (TPSA) is 58.4 Å². The van der Waals surface area contributed by atoms with Crippen molar-refractivity contribution in [2.45, 2.75) is 39.2 Å². The Kier molecular flexibility index (Phi) is 4.60. The highest BCUT2D eigenvalue weighted by Gasteiger charge is 2.19. The van der Waals surface area contributed by atoms with Crippen molar-refractivity contribution >= 4 is 11.4 Å². The molecule has 1 N–H and O–H groups in total. The molecule has 2 rings (SSSR count). The van der Waals surface area contributed by atoms with Crippen molar-refractivity contribution in [3.63, 3.8) is 0 Å². The van der Waals surface area contributed by atoms with Gasteiger partial charge in [0.05, 0.1) is 4.92 Å². The maximum atomic E-state index is 11.0. The predicted octanol–water partition coefficient (Wildman–Crippen LogP) is 3.11. The molecule has 0 bridgehead atoms. The number of benzene rings is 1. The zero-order valence-electron chi connectivity index (χ0n) is 12.5. The number of likely N-dealkylation sites (tertiary alicyclic amines) is 1. The first-order valence-electron chi connectivity index (χ1n) is 7.19. The third kappa shape index (κ3) is 3.28. The van der Waals surface area contributed by atoms with E-state index in [2.05, 4.69) is 17.3 Å². The predicted molar refractivity (Wildman–Crippen MR) is 81.3 cm³/mol. The molecule has 0 saturated carbocycles. The Morgan fingerprint density at radius 1 is 1.35 bits per heavy atom. The van der Waals surface area contributed by atoms with E-state index in [-0.39, 0.29) is 10.6 Å². The van der Waals surface area contributed by atoms with Gasteiger partial charge in [-0.3, -0.25) is 10.1 Å². The Balaban J connectivity index is 2.09. The third-order valence-corrected chi connectivity index (χ3v) is 4.19. The molecule has 1 saturated heterocycles. The van der Waals surface area contributed by atoms with Crippen molar-refractivity contribution < 1.29 is 4.92 Å². The minimum absolute atomic E-state index is 0.190. The van der Waals surface area contributed by atoms with E-state index in [0.717, 1.165) is 24.3 Å². The molecule has 20 heavy (non-hydrogen) atoms. The molecule has 1 aliphatic heterocycles. The second-order valence-corrected chi connectivity index (χ2v) is 5.72. The fraction of sp³-hybridized carbons (Fsp3) is 0.600. The first-order valence-corrected chi connectivity index (χ1v) is 7.19. The molecule has 0 radical (unpaired) electrons. The number of nitro benzene ring substituents is 1. The van der Waals surface area contributed by atoms with Crippen molar-refractivity contribution in [2.24, 2.45) is 0 Å². The van der Waals surface area contributed by atoms with Crippen LogP contribution in [0.5, 0.6) is 0 Å². The summed E-state index contributed by atoms with van der Waals surface area (Å²) in [5.74, 6) is 0. The summed E-state index contributed by atoms with van der Waals surface area (Å²) in [6, 6.07) is 4.06. The van der Waals surface area contributed by atoms with Crippen LogP contribution in [0.15, 0.2) is 12.1 Å². The van der Waals surface area contributed by atoms with Gasteiger partial charge in [0.2, 0.25) is 0 Å². The van der Waals surface area contributed by atoms with Crippen LogP contribution in [0.1, 0.15) is 30.4 Å². The van der Waals surface area contributed by atoms with Crippen LogP contribution in [0.2, 0.25) is 0 Å². The number of aryl methyl sites for hydroxylation is 2. The summed E-state index contributed by atoms with van der Waals surface area (Å²) in [5.41, 5.74) is 2.84. The Bertz CT molecular complexity index is 502. The Labute approximate surface area is 120 Å². The van der Waals surface area contributed by atoms with Crippen LogP contribution in [0.3, 0.4) is 0 Å². The van der Waals surface area contributed by atoms with E-state index < -0.39 is 0 Å². The Morgan fingerprint density at radius 3 is 2.75 bits per heavy atom. The molecule has 5 heteroatoms. The van der Waals surface area contributed by atoms with Crippen molar-refractivity contribution in [1.82, 2.24) is 4.90 Å². The molecular weight excluding hydrogens is 254 g/mol. The summed E-state index contributed by atoms with van der Waals surface area (Å²) in [6.45, 7) is 5.75. The van der Waals surface area contributed by atoms with Gasteiger partial charge < -0.3 is 10.2 Å². The highest BCUT2D eigenvalue weighted by molar-refractivity contribution is 5.60. The average molecular weight is 277 g/mol. The number of nitrogens with zero attached hydrogens (tertiary/aromatic N) is 2. The number of piperidine rings is 1. The standard InChI is InChI=1S/C15H23N3O2/c1-11-8-12(2)15(18(19)20)9-14(11)16-10-13-6-4-5-7-17(13)3/h8-9,13,16H,4-7,10H2,1-3H3. The smallest absolute Gasteiger partial charge is 0.274 e. The molecule has 5 nitrogen and oxygen atoms in total. The maximum Gasteiger partial charge on any atom is 0.274 e. The Morgan fingerprint density at radius 2 is 2.10 bits per heavy atom. The lowest BCUT2D eigenvalue weighted by Crippen LogP contribution is -2.40. The fourth-order valence-corrected chi connectivity index (χ4v) is 2.86. The highest BCUT2D eigenvalue weighted by Crippen LogP contribution is 2.26. The third-order valence-electron chi connectivity index (χ3n) is 4.19. The van der Waals surface area contributed by atoms with Crippen molar-refractivity contribution in [3.8, 4) is 0 Å². The second-order valence-electron chi connectivity index (χ2n) is 5.72. The van der Waals surface area contributed by atoms with Gasteiger partial charge in [0.25, 0.3) is 5.69 Å². The molecular formula is C15H23N3O2. The highest BCUT2D eigenvalue weighted by atomic mass is 16.6. The molecule has 1 aromatic carbocycles. The van der Waals surface area contributed by atoms with Crippen LogP contribution >= 0.6 is 0 Å². The molecule has 1 aromatic rings. The number of hydrogen-bond donors (Lipinski definition) is 1. The molecule has 1 heterocycles. The lowest BCUT2D eigenvalue weighted by atomic mass is 10.0. The van der Waals surface area contributed by atoms with Crippen molar-refractivity contribution in [2.75, 3.05) is 25.5 Å². The molecule has 1 fully saturated rings. The quantitative estimate of drug-likeness (QED) is 0.678. The van der Waals surface area contributed by atoms with E-state index in [1.807, 2.05) is 13.0 Å². The largest absolute Gasteiger partial charge is 0.383 e. The number of rotatable bonds is 4. The van der Waals surface area contributed by atoms with Crippen LogP contribution in [0, 0.1) is 24.0 Å². The monoisotopic (exact) mass is 277 g/mol. The van der Waals surface area contributed by atoms with E-state index in [0.29, 0.717) is 11.6 Å². The molecule has 110 valence electrons. The first kappa shape index (κ1) is 14.8. The summed E-state index contributed by atoms with van der Waals surface area (Å²) >= 11 is 0. The first-order chi connectivity index (χ1) is 9.49. The number of nitro groups is 1. The Hall–Kier alpha value is -1.62. The normalized spacial score (nSPS) is 19.9. The van der Waals surface area contributed by atoms with E-state index in [4.69, 9.17) is 0 Å². The molecule has 0 spiro atoms. The van der Waals surface area contributed by atoms with Crippen LogP contribution in [0.4, 0.5) is 11.4 Å². The van der Waals surface area contributed by atoms with Gasteiger partial charge in [0.1, 0.15) is 0 Å². The van der Waals surface area contributed by atoms with Gasteiger partial charge in [-0.2, -0.15) is 0 Å². The fourth-order valence-electron chi connectivity index (χ4n) is 2.86. The minimum Gasteiger partial charge on any atom is -0.383 e. The van der Waals surface area contributed by atoms with E-state index >= 15 is 0 Å². The van der Waals surface area contributed by atoms with Crippen LogP contribution in [-0.4, -0.2) is 36.0 Å². The maximum absolute atomic E-state index is 11.0. The summed E-state index contributed by atoms with van der Waals surface area (Å²) < 4.78 is 0. The number of anilines is 1. The lowest BCUT2D eigenvalue weighted by Gasteiger charge is -2.32. The van der Waals surface area contributed by atoms with Gasteiger partial charge in [0, 0.05) is 29.9 Å². The van der Waals surface area contributed by atoms with Crippen molar-refractivity contribution in [3.05, 3.63) is 33.4 Å². The number of hydrogen-bond acceptors (Lipinski definition) is 4. The number of nitrogens with one attached hydrogen (secondary N) is 1. The van der Waals surface area contributed by atoms with Crippen LogP contribution < -0.4 is 5.32 Å². The molecule has 0 aromatic heterocycles. The average Bonchev–Trinajstić information content (AvgIpc) is 2.39. The van der Waals surface area contributed by atoms with Gasteiger partial charge in [-0.15, -0.1) is 0 Å². The molecule has 0 amide bonds. The zero-order chi connectivity index (χ0) is 14.7. The summed E-state index contributed by atoms with van der Waals surface area (Å²) in [4.78, 5) is 13.1. The molecule has 1 unspecified atom stereocenters. The van der Waals surface area contributed by atoms with Crippen molar-refractivity contribution in [1.29, 1.82) is 0 Å². The van der Waals surface area contributed by atoms with Gasteiger partial charge in [0.15, 0.2) is 0 Å².